The van der Waals surface area contributed by atoms with Crippen LogP contribution in [0.4, 0.5) is 8.78 Å². The fourth-order valence-corrected chi connectivity index (χ4v) is 2.26. The first-order chi connectivity index (χ1) is 11.5. The van der Waals surface area contributed by atoms with Crippen molar-refractivity contribution >= 4 is 17.9 Å². The maximum atomic E-state index is 12.4. The van der Waals surface area contributed by atoms with Crippen LogP contribution in [0, 0.1) is 6.92 Å². The molecule has 1 heterocycles. The van der Waals surface area contributed by atoms with Gasteiger partial charge >= 0.3 is 12.6 Å². The molecule has 0 amide bonds. The first-order valence-corrected chi connectivity index (χ1v) is 7.16. The Kier molecular flexibility index (Phi) is 4.37. The van der Waals surface area contributed by atoms with Crippen molar-refractivity contribution in [1.82, 2.24) is 0 Å². The van der Waals surface area contributed by atoms with E-state index >= 15 is 0 Å². The maximum absolute atomic E-state index is 12.4. The summed E-state index contributed by atoms with van der Waals surface area (Å²) in [6, 6.07) is 13.5. The Morgan fingerprint density at radius 3 is 2.71 bits per heavy atom. The number of para-hydroxylation sites is 1. The molecule has 0 fully saturated rings. The number of alkyl halides is 2. The molecule has 0 aromatic heterocycles. The normalized spacial score (nSPS) is 15.6. The van der Waals surface area contributed by atoms with Gasteiger partial charge < -0.3 is 9.47 Å². The van der Waals surface area contributed by atoms with E-state index < -0.39 is 12.6 Å². The Balaban J connectivity index is 1.95. The van der Waals surface area contributed by atoms with Crippen molar-refractivity contribution in [3.05, 3.63) is 70.9 Å². The van der Waals surface area contributed by atoms with Crippen LogP contribution in [0.1, 0.15) is 16.7 Å². The number of benzene rings is 2. The van der Waals surface area contributed by atoms with Gasteiger partial charge in [0.2, 0.25) is 5.90 Å². The minimum absolute atomic E-state index is 0.0248. The average molecular weight is 329 g/mol. The van der Waals surface area contributed by atoms with Crippen LogP contribution >= 0.6 is 0 Å². The zero-order chi connectivity index (χ0) is 17.1. The fourth-order valence-electron chi connectivity index (χ4n) is 2.26. The van der Waals surface area contributed by atoms with E-state index in [1.807, 2.05) is 25.1 Å². The van der Waals surface area contributed by atoms with Gasteiger partial charge in [0.1, 0.15) is 5.75 Å². The lowest BCUT2D eigenvalue weighted by molar-refractivity contribution is -0.129. The van der Waals surface area contributed by atoms with Crippen LogP contribution in [-0.4, -0.2) is 18.5 Å². The van der Waals surface area contributed by atoms with Crippen molar-refractivity contribution in [1.29, 1.82) is 0 Å². The van der Waals surface area contributed by atoms with Crippen molar-refractivity contribution in [3.63, 3.8) is 0 Å². The number of hydrogen-bond donors (Lipinski definition) is 0. The van der Waals surface area contributed by atoms with Crippen LogP contribution < -0.4 is 4.74 Å². The van der Waals surface area contributed by atoms with Gasteiger partial charge in [-0.05, 0) is 31.2 Å². The fraction of sp³-hybridized carbons (Fsp3) is 0.111. The molecule has 0 radical (unpaired) electrons. The summed E-state index contributed by atoms with van der Waals surface area (Å²) in [5, 5.41) is 0. The topological polar surface area (TPSA) is 47.9 Å². The number of aryl methyl sites for hydroxylation is 1. The standard InChI is InChI=1S/C18H13F2NO3/c1-11-5-4-7-13(9-11)16-21-14(17(22)24-16)10-12-6-2-3-8-15(12)23-18(19)20/h2-10,18H,1H3. The third-order valence-corrected chi connectivity index (χ3v) is 3.31. The molecule has 0 saturated carbocycles. The summed E-state index contributed by atoms with van der Waals surface area (Å²) >= 11 is 0. The molecule has 0 atom stereocenters. The lowest BCUT2D eigenvalue weighted by Gasteiger charge is -2.07. The first-order valence-electron chi connectivity index (χ1n) is 7.16. The van der Waals surface area contributed by atoms with E-state index in [1.54, 1.807) is 24.3 Å². The molecule has 0 bridgehead atoms. The molecule has 3 rings (SSSR count). The van der Waals surface area contributed by atoms with Gasteiger partial charge in [-0.3, -0.25) is 0 Å². The van der Waals surface area contributed by atoms with Crippen molar-refractivity contribution in [2.24, 2.45) is 4.99 Å². The molecule has 0 aliphatic carbocycles. The quantitative estimate of drug-likeness (QED) is 0.630. The predicted octanol–water partition coefficient (Wildman–Crippen LogP) is 3.94. The van der Waals surface area contributed by atoms with Gasteiger partial charge in [-0.15, -0.1) is 0 Å². The molecule has 2 aromatic rings. The molecule has 122 valence electrons. The van der Waals surface area contributed by atoms with Crippen molar-refractivity contribution in [2.45, 2.75) is 13.5 Å². The van der Waals surface area contributed by atoms with Gasteiger partial charge in [0.15, 0.2) is 5.70 Å². The highest BCUT2D eigenvalue weighted by Crippen LogP contribution is 2.26. The van der Waals surface area contributed by atoms with Gasteiger partial charge in [0.05, 0.1) is 0 Å². The van der Waals surface area contributed by atoms with E-state index in [0.717, 1.165) is 5.56 Å². The Morgan fingerprint density at radius 1 is 1.17 bits per heavy atom. The minimum atomic E-state index is -2.95. The molecule has 6 heteroatoms. The molecule has 0 unspecified atom stereocenters. The van der Waals surface area contributed by atoms with E-state index in [2.05, 4.69) is 9.73 Å². The van der Waals surface area contributed by atoms with Crippen LogP contribution in [0.5, 0.6) is 5.75 Å². The van der Waals surface area contributed by atoms with Crippen molar-refractivity contribution < 1.29 is 23.0 Å². The number of carbonyl (C=O) groups is 1. The lowest BCUT2D eigenvalue weighted by Crippen LogP contribution is -2.05. The van der Waals surface area contributed by atoms with E-state index in [1.165, 1.54) is 12.1 Å². The number of nitrogens with zero attached hydrogens (tertiary/aromatic N) is 1. The van der Waals surface area contributed by atoms with Gasteiger partial charge in [0, 0.05) is 11.1 Å². The van der Waals surface area contributed by atoms with Gasteiger partial charge in [-0.25, -0.2) is 9.79 Å². The highest BCUT2D eigenvalue weighted by molar-refractivity contribution is 6.13. The molecule has 2 aromatic carbocycles. The number of cyclic esters (lactones) is 1. The first kappa shape index (κ1) is 15.9. The van der Waals surface area contributed by atoms with E-state index in [-0.39, 0.29) is 17.3 Å². The smallest absolute Gasteiger partial charge is 0.387 e. The summed E-state index contributed by atoms with van der Waals surface area (Å²) in [7, 11) is 0. The van der Waals surface area contributed by atoms with Gasteiger partial charge in [-0.2, -0.15) is 8.78 Å². The molecular weight excluding hydrogens is 316 g/mol. The number of hydrogen-bond acceptors (Lipinski definition) is 4. The summed E-state index contributed by atoms with van der Waals surface area (Å²) in [5.41, 5.74) is 2.01. The molecule has 4 nitrogen and oxygen atoms in total. The highest BCUT2D eigenvalue weighted by atomic mass is 19.3. The molecular formula is C18H13F2NO3. The van der Waals surface area contributed by atoms with E-state index in [0.29, 0.717) is 11.1 Å². The van der Waals surface area contributed by atoms with E-state index in [4.69, 9.17) is 4.74 Å². The second-order valence-electron chi connectivity index (χ2n) is 5.12. The summed E-state index contributed by atoms with van der Waals surface area (Å²) in [4.78, 5) is 16.1. The zero-order valence-corrected chi connectivity index (χ0v) is 12.7. The van der Waals surface area contributed by atoms with Gasteiger partial charge in [0.25, 0.3) is 0 Å². The van der Waals surface area contributed by atoms with Crippen LogP contribution in [-0.2, 0) is 9.53 Å². The van der Waals surface area contributed by atoms with Crippen molar-refractivity contribution in [3.8, 4) is 5.75 Å². The Labute approximate surface area is 137 Å². The monoisotopic (exact) mass is 329 g/mol. The SMILES string of the molecule is Cc1cccc(C2=NC(=Cc3ccccc3OC(F)F)C(=O)O2)c1. The maximum Gasteiger partial charge on any atom is 0.387 e. The second-order valence-corrected chi connectivity index (χ2v) is 5.12. The summed E-state index contributed by atoms with van der Waals surface area (Å²) in [6.07, 6.45) is 1.36. The number of esters is 1. The number of ether oxygens (including phenoxy) is 2. The molecule has 24 heavy (non-hydrogen) atoms. The molecule has 0 N–H and O–H groups in total. The zero-order valence-electron chi connectivity index (χ0n) is 12.7. The Hall–Kier alpha value is -3.02. The number of aliphatic imine (C=N–C) groups is 1. The Bertz CT molecular complexity index is 844. The number of rotatable bonds is 4. The largest absolute Gasteiger partial charge is 0.434 e. The average Bonchev–Trinajstić information content (AvgIpc) is 2.90. The summed E-state index contributed by atoms with van der Waals surface area (Å²) < 4.78 is 34.5. The minimum Gasteiger partial charge on any atom is -0.434 e. The third kappa shape index (κ3) is 3.48. The molecule has 1 aliphatic heterocycles. The summed E-state index contributed by atoms with van der Waals surface area (Å²) in [5.74, 6) is -0.493. The third-order valence-electron chi connectivity index (χ3n) is 3.31. The van der Waals surface area contributed by atoms with Crippen molar-refractivity contribution in [2.75, 3.05) is 0 Å². The van der Waals surface area contributed by atoms with Crippen LogP contribution in [0.15, 0.2) is 59.2 Å². The van der Waals surface area contributed by atoms with Gasteiger partial charge in [-0.1, -0.05) is 35.9 Å². The Morgan fingerprint density at radius 2 is 1.96 bits per heavy atom. The van der Waals surface area contributed by atoms with Crippen LogP contribution in [0.25, 0.3) is 6.08 Å². The lowest BCUT2D eigenvalue weighted by atomic mass is 10.1. The van der Waals surface area contributed by atoms with E-state index in [9.17, 15) is 13.6 Å². The molecule has 0 saturated heterocycles. The van der Waals surface area contributed by atoms with Crippen LogP contribution in [0.3, 0.4) is 0 Å². The predicted molar refractivity (Wildman–Crippen MR) is 84.9 cm³/mol. The molecule has 0 spiro atoms. The number of carbonyl (C=O) groups excluding carboxylic acids is 1. The highest BCUT2D eigenvalue weighted by Gasteiger charge is 2.24. The second kappa shape index (κ2) is 6.62. The van der Waals surface area contributed by atoms with Crippen LogP contribution in [0.2, 0.25) is 0 Å². The summed E-state index contributed by atoms with van der Waals surface area (Å²) in [6.45, 7) is -1.04. The number of halogens is 2. The molecule has 1 aliphatic rings.